The van der Waals surface area contributed by atoms with E-state index >= 15 is 0 Å². The first kappa shape index (κ1) is 22.5. The van der Waals surface area contributed by atoms with Gasteiger partial charge in [0.2, 0.25) is 0 Å². The number of carbonyl (C=O) groups is 2. The van der Waals surface area contributed by atoms with E-state index in [2.05, 4.69) is 23.7 Å². The average molecular weight is 424 g/mol. The molecule has 31 heavy (non-hydrogen) atoms. The van der Waals surface area contributed by atoms with E-state index in [-0.39, 0.29) is 11.3 Å². The number of hydrogen-bond acceptors (Lipinski definition) is 6. The van der Waals surface area contributed by atoms with Crippen molar-refractivity contribution in [2.24, 2.45) is 0 Å². The highest BCUT2D eigenvalue weighted by atomic mass is 16.5. The van der Waals surface area contributed by atoms with Crippen molar-refractivity contribution in [1.29, 1.82) is 0 Å². The number of carbonyl (C=O) groups excluding carboxylic acids is 2. The van der Waals surface area contributed by atoms with Crippen molar-refractivity contribution >= 4 is 17.4 Å². The molecule has 2 heterocycles. The molecule has 1 aliphatic heterocycles. The van der Waals surface area contributed by atoms with Crippen LogP contribution in [0.5, 0.6) is 5.75 Å². The van der Waals surface area contributed by atoms with Gasteiger partial charge in [0.25, 0.3) is 11.7 Å². The molecule has 0 spiro atoms. The molecule has 1 amide bonds. The van der Waals surface area contributed by atoms with Gasteiger partial charge in [-0.15, -0.1) is 0 Å². The summed E-state index contributed by atoms with van der Waals surface area (Å²) in [6.07, 6.45) is 2.34. The minimum Gasteiger partial charge on any atom is -0.507 e. The number of rotatable bonds is 9. The third kappa shape index (κ3) is 4.77. The minimum absolute atomic E-state index is 0.0554. The lowest BCUT2D eigenvalue weighted by Crippen LogP contribution is -2.33. The third-order valence-corrected chi connectivity index (χ3v) is 5.62. The van der Waals surface area contributed by atoms with Gasteiger partial charge >= 0.3 is 0 Å². The number of hydrogen-bond donors (Lipinski definition) is 1. The van der Waals surface area contributed by atoms with Crippen molar-refractivity contribution in [2.75, 3.05) is 33.3 Å². The van der Waals surface area contributed by atoms with E-state index in [0.717, 1.165) is 26.1 Å². The quantitative estimate of drug-likeness (QED) is 0.379. The molecule has 7 nitrogen and oxygen atoms in total. The Morgan fingerprint density at radius 1 is 1.16 bits per heavy atom. The minimum atomic E-state index is -0.732. The number of ether oxygens (including phenoxy) is 1. The summed E-state index contributed by atoms with van der Waals surface area (Å²) in [4.78, 5) is 34.1. The van der Waals surface area contributed by atoms with Crippen LogP contribution in [-0.4, -0.2) is 64.9 Å². The largest absolute Gasteiger partial charge is 0.507 e. The second kappa shape index (κ2) is 10.2. The molecule has 2 aromatic rings. The molecule has 0 radical (unpaired) electrons. The van der Waals surface area contributed by atoms with E-state index in [1.54, 1.807) is 42.6 Å². The molecule has 1 aliphatic rings. The Labute approximate surface area is 183 Å². The maximum Gasteiger partial charge on any atom is 0.295 e. The van der Waals surface area contributed by atoms with Gasteiger partial charge in [-0.3, -0.25) is 14.6 Å². The molecule has 7 heteroatoms. The number of nitrogens with zero attached hydrogens (tertiary/aromatic N) is 3. The third-order valence-electron chi connectivity index (χ3n) is 5.62. The number of ketones is 1. The molecule has 1 aromatic carbocycles. The number of amides is 1. The molecule has 1 unspecified atom stereocenters. The van der Waals surface area contributed by atoms with Gasteiger partial charge in [-0.05, 0) is 50.3 Å². The van der Waals surface area contributed by atoms with Gasteiger partial charge < -0.3 is 19.6 Å². The van der Waals surface area contributed by atoms with Crippen molar-refractivity contribution in [2.45, 2.75) is 26.3 Å². The highest BCUT2D eigenvalue weighted by Gasteiger charge is 2.46. The molecule has 1 atom stereocenters. The molecule has 164 valence electrons. The Morgan fingerprint density at radius 3 is 2.58 bits per heavy atom. The molecule has 1 N–H and O–H groups in total. The molecular weight excluding hydrogens is 394 g/mol. The van der Waals surface area contributed by atoms with Crippen molar-refractivity contribution in [1.82, 2.24) is 14.8 Å². The number of aliphatic hydroxyl groups excluding tert-OH is 1. The first-order chi connectivity index (χ1) is 15.0. The standard InChI is InChI=1S/C24H29N3O4/c1-4-26(5-2)14-9-15-27-21(19-12-6-7-13-25-19)20(23(29)24(27)30)22(28)17-10-8-11-18(16-17)31-3/h6-8,10-13,16,21,28H,4-5,9,14-15H2,1-3H3/b22-20+. The fourth-order valence-electron chi connectivity index (χ4n) is 3.89. The number of aromatic nitrogens is 1. The van der Waals surface area contributed by atoms with Crippen LogP contribution in [0.4, 0.5) is 0 Å². The zero-order valence-corrected chi connectivity index (χ0v) is 18.2. The van der Waals surface area contributed by atoms with Crippen molar-refractivity contribution in [3.8, 4) is 5.75 Å². The number of benzene rings is 1. The van der Waals surface area contributed by atoms with E-state index in [1.807, 2.05) is 6.07 Å². The summed E-state index contributed by atoms with van der Waals surface area (Å²) in [6, 6.07) is 11.4. The van der Waals surface area contributed by atoms with Crippen molar-refractivity contribution < 1.29 is 19.4 Å². The fourth-order valence-corrected chi connectivity index (χ4v) is 3.89. The van der Waals surface area contributed by atoms with E-state index in [1.165, 1.54) is 12.0 Å². The lowest BCUT2D eigenvalue weighted by Gasteiger charge is -2.26. The van der Waals surface area contributed by atoms with Gasteiger partial charge in [-0.25, -0.2) is 0 Å². The number of methoxy groups -OCH3 is 1. The van der Waals surface area contributed by atoms with Crippen molar-refractivity contribution in [3.63, 3.8) is 0 Å². The molecule has 3 rings (SSSR count). The molecule has 1 aromatic heterocycles. The predicted molar refractivity (Wildman–Crippen MR) is 119 cm³/mol. The molecule has 0 aliphatic carbocycles. The van der Waals surface area contributed by atoms with Crippen LogP contribution in [-0.2, 0) is 9.59 Å². The van der Waals surface area contributed by atoms with Crippen molar-refractivity contribution in [3.05, 3.63) is 65.5 Å². The lowest BCUT2D eigenvalue weighted by molar-refractivity contribution is -0.140. The van der Waals surface area contributed by atoms with Crippen LogP contribution in [0, 0.1) is 0 Å². The van der Waals surface area contributed by atoms with Gasteiger partial charge in [0, 0.05) is 18.3 Å². The smallest absolute Gasteiger partial charge is 0.295 e. The normalized spacial score (nSPS) is 18.1. The topological polar surface area (TPSA) is 83.0 Å². The van der Waals surface area contributed by atoms with Crippen LogP contribution in [0.25, 0.3) is 5.76 Å². The lowest BCUT2D eigenvalue weighted by atomic mass is 9.98. The Hall–Kier alpha value is -3.19. The van der Waals surface area contributed by atoms with Gasteiger partial charge in [-0.2, -0.15) is 0 Å². The summed E-state index contributed by atoms with van der Waals surface area (Å²) in [5.41, 5.74) is 1.02. The zero-order chi connectivity index (χ0) is 22.4. The fraction of sp³-hybridized carbons (Fsp3) is 0.375. The summed E-state index contributed by atoms with van der Waals surface area (Å²) in [5, 5.41) is 11.1. The monoisotopic (exact) mass is 423 g/mol. The van der Waals surface area contributed by atoms with E-state index < -0.39 is 17.7 Å². The predicted octanol–water partition coefficient (Wildman–Crippen LogP) is 3.24. The number of likely N-dealkylation sites (tertiary alicyclic amines) is 1. The summed E-state index contributed by atoms with van der Waals surface area (Å²) in [6.45, 7) is 7.26. The Kier molecular flexibility index (Phi) is 7.41. The van der Waals surface area contributed by atoms with Crippen LogP contribution in [0.15, 0.2) is 54.2 Å². The highest BCUT2D eigenvalue weighted by Crippen LogP contribution is 2.38. The van der Waals surface area contributed by atoms with Crippen LogP contribution in [0.1, 0.15) is 37.6 Å². The highest BCUT2D eigenvalue weighted by molar-refractivity contribution is 6.46. The summed E-state index contributed by atoms with van der Waals surface area (Å²) in [7, 11) is 1.53. The number of aliphatic hydroxyl groups is 1. The zero-order valence-electron chi connectivity index (χ0n) is 18.2. The first-order valence-corrected chi connectivity index (χ1v) is 10.6. The van der Waals surface area contributed by atoms with E-state index in [9.17, 15) is 14.7 Å². The Bertz CT molecular complexity index is 954. The molecular formula is C24H29N3O4. The summed E-state index contributed by atoms with van der Waals surface area (Å²) in [5.74, 6) is -0.982. The number of pyridine rings is 1. The van der Waals surface area contributed by atoms with E-state index in [4.69, 9.17) is 4.74 Å². The Morgan fingerprint density at radius 2 is 1.94 bits per heavy atom. The molecule has 0 bridgehead atoms. The summed E-state index contributed by atoms with van der Waals surface area (Å²) >= 11 is 0. The maximum absolute atomic E-state index is 13.0. The van der Waals surface area contributed by atoms with Gasteiger partial charge in [0.15, 0.2) is 0 Å². The van der Waals surface area contributed by atoms with Crippen LogP contribution in [0.2, 0.25) is 0 Å². The second-order valence-corrected chi connectivity index (χ2v) is 7.36. The molecule has 1 fully saturated rings. The first-order valence-electron chi connectivity index (χ1n) is 10.6. The number of Topliss-reactive ketones (excluding diaryl/α,β-unsaturated/α-hetero) is 1. The van der Waals surface area contributed by atoms with Crippen LogP contribution < -0.4 is 4.74 Å². The van der Waals surface area contributed by atoms with Crippen LogP contribution >= 0.6 is 0 Å². The Balaban J connectivity index is 2.01. The van der Waals surface area contributed by atoms with Crippen LogP contribution in [0.3, 0.4) is 0 Å². The molecule has 0 saturated carbocycles. The van der Waals surface area contributed by atoms with Gasteiger partial charge in [-0.1, -0.05) is 32.0 Å². The van der Waals surface area contributed by atoms with E-state index in [0.29, 0.717) is 23.6 Å². The second-order valence-electron chi connectivity index (χ2n) is 7.36. The summed E-state index contributed by atoms with van der Waals surface area (Å²) < 4.78 is 5.23. The SMILES string of the molecule is CCN(CC)CCCN1C(=O)C(=O)/C(=C(/O)c2cccc(OC)c2)C1c1ccccn1. The maximum atomic E-state index is 13.0. The average Bonchev–Trinajstić information content (AvgIpc) is 3.07. The van der Waals surface area contributed by atoms with Gasteiger partial charge in [0.1, 0.15) is 17.6 Å². The molecule has 1 saturated heterocycles. The van der Waals surface area contributed by atoms with Gasteiger partial charge in [0.05, 0.1) is 18.4 Å².